The van der Waals surface area contributed by atoms with Crippen molar-refractivity contribution in [2.24, 2.45) is 5.16 Å². The number of likely N-dealkylation sites (tertiary alicyclic amines) is 1. The summed E-state index contributed by atoms with van der Waals surface area (Å²) in [5.41, 5.74) is 1.62. The van der Waals surface area contributed by atoms with Gasteiger partial charge in [0.15, 0.2) is 16.6 Å². The Hall–Kier alpha value is -3.04. The molecular formula is C24H27ClN4O4S. The van der Waals surface area contributed by atoms with Gasteiger partial charge in [0.2, 0.25) is 0 Å². The minimum atomic E-state index is -0.466. The summed E-state index contributed by atoms with van der Waals surface area (Å²) in [7, 11) is 3.16. The highest BCUT2D eigenvalue weighted by molar-refractivity contribution is 7.80. The van der Waals surface area contributed by atoms with Crippen molar-refractivity contribution in [1.29, 1.82) is 0 Å². The van der Waals surface area contributed by atoms with Crippen LogP contribution in [0.4, 0.5) is 5.69 Å². The standard InChI is InChI=1S/C24H27ClN4O4S/c1-31-20-8-7-16(13-21(20)32-2)15-26-22(30)19-14-24(33-28-19)9-11-29(12-10-24)23(34)27-18-6-4-3-5-17(18)25/h3-8,13H,9-12,14-15H2,1-2H3,(H,26,30)(H,27,34). The molecule has 1 spiro atoms. The van der Waals surface area contributed by atoms with Gasteiger partial charge in [-0.3, -0.25) is 4.79 Å². The van der Waals surface area contributed by atoms with Crippen LogP contribution in [-0.2, 0) is 16.2 Å². The summed E-state index contributed by atoms with van der Waals surface area (Å²) < 4.78 is 10.6. The molecule has 34 heavy (non-hydrogen) atoms. The van der Waals surface area contributed by atoms with E-state index in [1.54, 1.807) is 14.2 Å². The molecule has 0 saturated carbocycles. The number of piperidine rings is 1. The van der Waals surface area contributed by atoms with Gasteiger partial charge in [-0.05, 0) is 42.0 Å². The van der Waals surface area contributed by atoms with Crippen LogP contribution in [0.2, 0.25) is 5.02 Å². The SMILES string of the molecule is COc1ccc(CNC(=O)C2=NOC3(CCN(C(=S)Nc4ccccc4Cl)CC3)C2)cc1OC. The number of amides is 1. The van der Waals surface area contributed by atoms with E-state index in [-0.39, 0.29) is 5.91 Å². The fraction of sp³-hybridized carbons (Fsp3) is 0.375. The Morgan fingerprint density at radius 2 is 1.91 bits per heavy atom. The van der Waals surface area contributed by atoms with Crippen LogP contribution in [0.1, 0.15) is 24.8 Å². The summed E-state index contributed by atoms with van der Waals surface area (Å²) in [4.78, 5) is 20.6. The van der Waals surface area contributed by atoms with E-state index in [0.29, 0.717) is 66.2 Å². The summed E-state index contributed by atoms with van der Waals surface area (Å²) in [5, 5.41) is 11.5. The fourth-order valence-corrected chi connectivity index (χ4v) is 4.54. The number of rotatable bonds is 6. The monoisotopic (exact) mass is 502 g/mol. The van der Waals surface area contributed by atoms with E-state index < -0.39 is 5.60 Å². The Labute approximate surface area is 209 Å². The van der Waals surface area contributed by atoms with Gasteiger partial charge in [0.05, 0.1) is 24.9 Å². The number of methoxy groups -OCH3 is 2. The summed E-state index contributed by atoms with van der Waals surface area (Å²) >= 11 is 11.8. The molecule has 2 heterocycles. The lowest BCUT2D eigenvalue weighted by Crippen LogP contribution is -2.48. The van der Waals surface area contributed by atoms with E-state index in [0.717, 1.165) is 11.3 Å². The van der Waals surface area contributed by atoms with Gasteiger partial charge >= 0.3 is 0 Å². The maximum atomic E-state index is 12.7. The fourth-order valence-electron chi connectivity index (χ4n) is 4.06. The number of ether oxygens (including phenoxy) is 2. The van der Waals surface area contributed by atoms with Gasteiger partial charge < -0.3 is 29.8 Å². The first-order valence-corrected chi connectivity index (χ1v) is 11.8. The van der Waals surface area contributed by atoms with Crippen LogP contribution in [0.3, 0.4) is 0 Å². The van der Waals surface area contributed by atoms with Crippen molar-refractivity contribution in [3.05, 3.63) is 53.1 Å². The van der Waals surface area contributed by atoms with Crippen LogP contribution < -0.4 is 20.1 Å². The average Bonchev–Trinajstić information content (AvgIpc) is 3.27. The number of oxime groups is 1. The van der Waals surface area contributed by atoms with Crippen molar-refractivity contribution in [1.82, 2.24) is 10.2 Å². The van der Waals surface area contributed by atoms with Gasteiger partial charge in [-0.2, -0.15) is 0 Å². The first-order valence-electron chi connectivity index (χ1n) is 11.0. The van der Waals surface area contributed by atoms with Crippen molar-refractivity contribution >= 4 is 46.2 Å². The van der Waals surface area contributed by atoms with Crippen LogP contribution in [-0.4, -0.2) is 54.5 Å². The second-order valence-electron chi connectivity index (χ2n) is 8.26. The van der Waals surface area contributed by atoms with Crippen LogP contribution in [0.15, 0.2) is 47.6 Å². The highest BCUT2D eigenvalue weighted by atomic mass is 35.5. The van der Waals surface area contributed by atoms with Crippen molar-refractivity contribution in [2.45, 2.75) is 31.4 Å². The lowest BCUT2D eigenvalue weighted by atomic mass is 9.87. The molecule has 10 heteroatoms. The molecule has 2 aliphatic rings. The molecular weight excluding hydrogens is 476 g/mol. The Kier molecular flexibility index (Phi) is 7.43. The molecule has 2 aromatic rings. The van der Waals surface area contributed by atoms with Crippen LogP contribution in [0.5, 0.6) is 11.5 Å². The molecule has 0 unspecified atom stereocenters. The zero-order valence-corrected chi connectivity index (χ0v) is 20.7. The molecule has 1 amide bonds. The average molecular weight is 503 g/mol. The first-order chi connectivity index (χ1) is 16.4. The van der Waals surface area contributed by atoms with E-state index in [1.165, 1.54) is 0 Å². The van der Waals surface area contributed by atoms with Crippen molar-refractivity contribution < 1.29 is 19.1 Å². The highest BCUT2D eigenvalue weighted by Crippen LogP contribution is 2.35. The number of anilines is 1. The molecule has 180 valence electrons. The van der Waals surface area contributed by atoms with E-state index in [1.807, 2.05) is 42.5 Å². The molecule has 2 aliphatic heterocycles. The second kappa shape index (κ2) is 10.5. The Morgan fingerprint density at radius 1 is 1.18 bits per heavy atom. The van der Waals surface area contributed by atoms with E-state index >= 15 is 0 Å². The number of hydrogen-bond donors (Lipinski definition) is 2. The third-order valence-electron chi connectivity index (χ3n) is 6.08. The number of carbonyl (C=O) groups excluding carboxylic acids is 1. The van der Waals surface area contributed by atoms with Gasteiger partial charge in [0.1, 0.15) is 11.3 Å². The van der Waals surface area contributed by atoms with Crippen molar-refractivity contribution in [3.63, 3.8) is 0 Å². The van der Waals surface area contributed by atoms with Crippen LogP contribution >= 0.6 is 23.8 Å². The molecule has 1 fully saturated rings. The number of nitrogens with one attached hydrogen (secondary N) is 2. The lowest BCUT2D eigenvalue weighted by molar-refractivity contribution is -0.115. The summed E-state index contributed by atoms with van der Waals surface area (Å²) in [6.07, 6.45) is 1.91. The largest absolute Gasteiger partial charge is 0.493 e. The van der Waals surface area contributed by atoms with Crippen LogP contribution in [0, 0.1) is 0 Å². The number of carbonyl (C=O) groups is 1. The van der Waals surface area contributed by atoms with E-state index in [2.05, 4.69) is 20.7 Å². The minimum Gasteiger partial charge on any atom is -0.493 e. The third kappa shape index (κ3) is 5.37. The van der Waals surface area contributed by atoms with Gasteiger partial charge in [0, 0.05) is 38.9 Å². The topological polar surface area (TPSA) is 84.4 Å². The summed E-state index contributed by atoms with van der Waals surface area (Å²) in [6, 6.07) is 13.0. The molecule has 2 N–H and O–H groups in total. The Morgan fingerprint density at radius 3 is 2.62 bits per heavy atom. The number of halogens is 1. The molecule has 0 aromatic heterocycles. The molecule has 8 nitrogen and oxygen atoms in total. The molecule has 0 radical (unpaired) electrons. The number of nitrogens with zero attached hydrogens (tertiary/aromatic N) is 2. The van der Waals surface area contributed by atoms with Gasteiger partial charge in [-0.1, -0.05) is 35.0 Å². The van der Waals surface area contributed by atoms with Crippen molar-refractivity contribution in [3.8, 4) is 11.5 Å². The minimum absolute atomic E-state index is 0.231. The van der Waals surface area contributed by atoms with E-state index in [4.69, 9.17) is 38.1 Å². The molecule has 1 saturated heterocycles. The van der Waals surface area contributed by atoms with Gasteiger partial charge in [-0.15, -0.1) is 0 Å². The predicted octanol–water partition coefficient (Wildman–Crippen LogP) is 3.98. The Balaban J connectivity index is 1.26. The number of benzene rings is 2. The number of hydrogen-bond acceptors (Lipinski definition) is 6. The zero-order chi connectivity index (χ0) is 24.1. The van der Waals surface area contributed by atoms with Crippen molar-refractivity contribution in [2.75, 3.05) is 32.6 Å². The normalized spacial score (nSPS) is 16.4. The van der Waals surface area contributed by atoms with Gasteiger partial charge in [0.25, 0.3) is 5.91 Å². The third-order valence-corrected chi connectivity index (χ3v) is 6.77. The maximum absolute atomic E-state index is 12.7. The predicted molar refractivity (Wildman–Crippen MR) is 136 cm³/mol. The van der Waals surface area contributed by atoms with Gasteiger partial charge in [-0.25, -0.2) is 0 Å². The molecule has 0 aliphatic carbocycles. The van der Waals surface area contributed by atoms with E-state index in [9.17, 15) is 4.79 Å². The molecule has 4 rings (SSSR count). The molecule has 2 aromatic carbocycles. The second-order valence-corrected chi connectivity index (χ2v) is 9.05. The lowest BCUT2D eigenvalue weighted by Gasteiger charge is -2.38. The number of thiocarbonyl (C=S) groups is 1. The highest BCUT2D eigenvalue weighted by Gasteiger charge is 2.44. The maximum Gasteiger partial charge on any atom is 0.269 e. The Bertz CT molecular complexity index is 1100. The smallest absolute Gasteiger partial charge is 0.269 e. The molecule has 0 atom stereocenters. The first kappa shape index (κ1) is 24.1. The zero-order valence-electron chi connectivity index (χ0n) is 19.1. The quantitative estimate of drug-likeness (QED) is 0.578. The molecule has 0 bridgehead atoms. The number of para-hydroxylation sites is 1. The summed E-state index contributed by atoms with van der Waals surface area (Å²) in [6.45, 7) is 1.75. The van der Waals surface area contributed by atoms with Crippen LogP contribution in [0.25, 0.3) is 0 Å². The summed E-state index contributed by atoms with van der Waals surface area (Å²) in [5.74, 6) is 1.02.